The van der Waals surface area contributed by atoms with Crippen LogP contribution in [0.25, 0.3) is 0 Å². The van der Waals surface area contributed by atoms with Crippen LogP contribution < -0.4 is 15.4 Å². The molecule has 2 heterocycles. The molecule has 2 N–H and O–H groups in total. The Morgan fingerprint density at radius 3 is 2.55 bits per heavy atom. The van der Waals surface area contributed by atoms with E-state index in [4.69, 9.17) is 4.74 Å². The van der Waals surface area contributed by atoms with Crippen molar-refractivity contribution in [1.82, 2.24) is 10.2 Å². The number of carbonyl (C=O) groups excluding carboxylic acids is 2. The average Bonchev–Trinajstić information content (AvgIpc) is 3.43. The molecule has 1 saturated heterocycles. The third kappa shape index (κ3) is 4.53. The molecule has 38 heavy (non-hydrogen) atoms. The van der Waals surface area contributed by atoms with Crippen molar-refractivity contribution in [2.24, 2.45) is 11.8 Å². The molecule has 3 aliphatic rings. The summed E-state index contributed by atoms with van der Waals surface area (Å²) in [4.78, 5) is 29.6. The van der Waals surface area contributed by atoms with Gasteiger partial charge in [0.15, 0.2) is 0 Å². The first-order valence-corrected chi connectivity index (χ1v) is 13.8. The van der Waals surface area contributed by atoms with Crippen LogP contribution >= 0.6 is 0 Å². The van der Waals surface area contributed by atoms with Crippen molar-refractivity contribution in [3.63, 3.8) is 0 Å². The van der Waals surface area contributed by atoms with Crippen LogP contribution in [0.2, 0.25) is 0 Å². The summed E-state index contributed by atoms with van der Waals surface area (Å²) in [6.45, 7) is 0.737. The van der Waals surface area contributed by atoms with Crippen LogP contribution in [0.15, 0.2) is 78.9 Å². The van der Waals surface area contributed by atoms with E-state index in [0.717, 1.165) is 44.3 Å². The first-order valence-electron chi connectivity index (χ1n) is 13.8. The molecule has 0 aromatic heterocycles. The Labute approximate surface area is 224 Å². The normalized spacial score (nSPS) is 26.0. The number of nitrogens with zero attached hydrogens (tertiary/aromatic N) is 1. The van der Waals surface area contributed by atoms with Crippen LogP contribution in [0.1, 0.15) is 65.7 Å². The fourth-order valence-electron chi connectivity index (χ4n) is 6.79. The molecule has 2 amide bonds. The molecule has 3 aromatic carbocycles. The molecule has 2 fully saturated rings. The van der Waals surface area contributed by atoms with Gasteiger partial charge in [0.05, 0.1) is 25.1 Å². The lowest BCUT2D eigenvalue weighted by Gasteiger charge is -2.42. The third-order valence-electron chi connectivity index (χ3n) is 8.64. The second kappa shape index (κ2) is 10.5. The van der Waals surface area contributed by atoms with Crippen LogP contribution in [0.4, 0.5) is 5.69 Å². The highest BCUT2D eigenvalue weighted by molar-refractivity contribution is 5.95. The summed E-state index contributed by atoms with van der Waals surface area (Å²) < 4.78 is 5.30. The molecule has 5 atom stereocenters. The molecule has 196 valence electrons. The van der Waals surface area contributed by atoms with Crippen molar-refractivity contribution >= 4 is 17.5 Å². The largest absolute Gasteiger partial charge is 0.497 e. The van der Waals surface area contributed by atoms with Crippen LogP contribution in [-0.2, 0) is 4.79 Å². The van der Waals surface area contributed by atoms with Crippen LogP contribution in [-0.4, -0.2) is 36.4 Å². The van der Waals surface area contributed by atoms with Gasteiger partial charge in [-0.25, -0.2) is 0 Å². The van der Waals surface area contributed by atoms with Gasteiger partial charge in [-0.2, -0.15) is 0 Å². The smallest absolute Gasteiger partial charge is 0.251 e. The van der Waals surface area contributed by atoms with E-state index in [1.807, 2.05) is 18.2 Å². The number of benzene rings is 3. The Kier molecular flexibility index (Phi) is 6.79. The molecule has 3 aromatic rings. The summed E-state index contributed by atoms with van der Waals surface area (Å²) in [6, 6.07) is 26.2. The lowest BCUT2D eigenvalue weighted by atomic mass is 9.79. The second-order valence-electron chi connectivity index (χ2n) is 10.8. The zero-order chi connectivity index (χ0) is 26.1. The molecule has 6 nitrogen and oxygen atoms in total. The van der Waals surface area contributed by atoms with E-state index in [0.29, 0.717) is 17.2 Å². The van der Waals surface area contributed by atoms with Gasteiger partial charge < -0.3 is 20.3 Å². The van der Waals surface area contributed by atoms with Gasteiger partial charge in [0.25, 0.3) is 5.91 Å². The predicted molar refractivity (Wildman–Crippen MR) is 148 cm³/mol. The maximum Gasteiger partial charge on any atom is 0.251 e. The topological polar surface area (TPSA) is 70.7 Å². The van der Waals surface area contributed by atoms with Crippen molar-refractivity contribution in [2.45, 2.75) is 50.2 Å². The summed E-state index contributed by atoms with van der Waals surface area (Å²) in [5.74, 6) is 0.759. The third-order valence-corrected chi connectivity index (χ3v) is 8.64. The number of hydrogen-bond acceptors (Lipinski definition) is 4. The number of carbonyl (C=O) groups is 2. The minimum absolute atomic E-state index is 0.0295. The van der Waals surface area contributed by atoms with E-state index >= 15 is 0 Å². The number of methoxy groups -OCH3 is 1. The standard InChI is InChI=1S/C32H35N3O3/c1-38-23-13-9-12-22(20-23)31(36)34-28-17-8-6-15-25(28)32(37)35-19-18-26-29(21-10-3-2-4-11-21)33-27-16-7-5-14-24(27)30(26)35/h2-5,7,9-14,16,20,25-26,28-30,33H,6,8,15,17-19H2,1H3,(H,34,36)/t25-,26+,28+,29-,30-/m0/s1. The number of likely N-dealkylation sites (tertiary alicyclic amines) is 1. The highest BCUT2D eigenvalue weighted by Gasteiger charge is 2.48. The zero-order valence-corrected chi connectivity index (χ0v) is 21.8. The first-order chi connectivity index (χ1) is 18.6. The van der Waals surface area contributed by atoms with Crippen molar-refractivity contribution in [2.75, 3.05) is 19.0 Å². The molecule has 0 spiro atoms. The lowest BCUT2D eigenvalue weighted by Crippen LogP contribution is -2.50. The fourth-order valence-corrected chi connectivity index (χ4v) is 6.79. The molecule has 0 radical (unpaired) electrons. The fraction of sp³-hybridized carbons (Fsp3) is 0.375. The first kappa shape index (κ1) is 24.5. The zero-order valence-electron chi connectivity index (χ0n) is 21.8. The van der Waals surface area contributed by atoms with Gasteiger partial charge in [-0.05, 0) is 54.7 Å². The molecule has 0 unspecified atom stereocenters. The number of fused-ring (bicyclic) bond motifs is 3. The van der Waals surface area contributed by atoms with Crippen LogP contribution in [0.3, 0.4) is 0 Å². The van der Waals surface area contributed by atoms with Gasteiger partial charge in [0.2, 0.25) is 5.91 Å². The molecule has 1 saturated carbocycles. The number of amides is 2. The molecule has 1 aliphatic carbocycles. The van der Waals surface area contributed by atoms with E-state index in [2.05, 4.69) is 64.1 Å². The minimum atomic E-state index is -0.214. The maximum absolute atomic E-state index is 14.3. The lowest BCUT2D eigenvalue weighted by molar-refractivity contribution is -0.138. The summed E-state index contributed by atoms with van der Waals surface area (Å²) in [5.41, 5.74) is 4.12. The van der Waals surface area contributed by atoms with Crippen molar-refractivity contribution in [1.29, 1.82) is 0 Å². The van der Waals surface area contributed by atoms with Gasteiger partial charge in [-0.15, -0.1) is 0 Å². The van der Waals surface area contributed by atoms with E-state index in [1.165, 1.54) is 11.1 Å². The van der Waals surface area contributed by atoms with E-state index in [9.17, 15) is 9.59 Å². The summed E-state index contributed by atoms with van der Waals surface area (Å²) in [7, 11) is 1.59. The second-order valence-corrected chi connectivity index (χ2v) is 10.8. The Bertz CT molecular complexity index is 1310. The van der Waals surface area contributed by atoms with Gasteiger partial charge in [0.1, 0.15) is 5.75 Å². The maximum atomic E-state index is 14.3. The molecule has 6 rings (SSSR count). The number of para-hydroxylation sites is 1. The Hall–Kier alpha value is -3.80. The summed E-state index contributed by atoms with van der Waals surface area (Å²) in [5, 5.41) is 6.99. The van der Waals surface area contributed by atoms with E-state index in [-0.39, 0.29) is 35.9 Å². The van der Waals surface area contributed by atoms with Crippen molar-refractivity contribution in [3.05, 3.63) is 95.6 Å². The van der Waals surface area contributed by atoms with E-state index < -0.39 is 0 Å². The van der Waals surface area contributed by atoms with Gasteiger partial charge >= 0.3 is 0 Å². The predicted octanol–water partition coefficient (Wildman–Crippen LogP) is 5.74. The van der Waals surface area contributed by atoms with Crippen LogP contribution in [0, 0.1) is 11.8 Å². The Morgan fingerprint density at radius 1 is 0.921 bits per heavy atom. The number of ether oxygens (including phenoxy) is 1. The molecule has 6 heteroatoms. The SMILES string of the molecule is COc1cccc(C(=O)N[C@@H]2CCCC[C@@H]2C(=O)N2CC[C@@H]3[C@H](c4ccccc4)Nc4ccccc4[C@@H]32)c1. The van der Waals surface area contributed by atoms with Crippen molar-refractivity contribution < 1.29 is 14.3 Å². The van der Waals surface area contributed by atoms with Gasteiger partial charge in [-0.1, -0.05) is 67.4 Å². The quantitative estimate of drug-likeness (QED) is 0.460. The molecule has 2 aliphatic heterocycles. The minimum Gasteiger partial charge on any atom is -0.497 e. The highest BCUT2D eigenvalue weighted by atomic mass is 16.5. The van der Waals surface area contributed by atoms with Gasteiger partial charge in [0, 0.05) is 29.8 Å². The number of rotatable bonds is 5. The van der Waals surface area contributed by atoms with Crippen molar-refractivity contribution in [3.8, 4) is 5.75 Å². The number of hydrogen-bond donors (Lipinski definition) is 2. The monoisotopic (exact) mass is 509 g/mol. The average molecular weight is 510 g/mol. The summed E-state index contributed by atoms with van der Waals surface area (Å²) in [6.07, 6.45) is 4.60. The Morgan fingerprint density at radius 2 is 1.71 bits per heavy atom. The van der Waals surface area contributed by atoms with E-state index in [1.54, 1.807) is 19.2 Å². The highest BCUT2D eigenvalue weighted by Crippen LogP contribution is 2.51. The van der Waals surface area contributed by atoms with Crippen LogP contribution in [0.5, 0.6) is 5.75 Å². The molecule has 0 bridgehead atoms. The molecular weight excluding hydrogens is 474 g/mol. The number of anilines is 1. The van der Waals surface area contributed by atoms with Gasteiger partial charge in [-0.3, -0.25) is 9.59 Å². The summed E-state index contributed by atoms with van der Waals surface area (Å²) >= 11 is 0. The Balaban J connectivity index is 1.26. The molecular formula is C32H35N3O3. The number of nitrogens with one attached hydrogen (secondary N) is 2.